The van der Waals surface area contributed by atoms with E-state index < -0.39 is 0 Å². The van der Waals surface area contributed by atoms with E-state index in [0.29, 0.717) is 6.04 Å². The molecule has 2 atom stereocenters. The molecule has 1 fully saturated rings. The highest BCUT2D eigenvalue weighted by Gasteiger charge is 2.20. The Bertz CT molecular complexity index is 155. The van der Waals surface area contributed by atoms with Crippen molar-refractivity contribution in [1.82, 2.24) is 10.6 Å². The van der Waals surface area contributed by atoms with Crippen LogP contribution in [0, 0.1) is 11.8 Å². The highest BCUT2D eigenvalue weighted by molar-refractivity contribution is 4.80. The molecule has 0 spiro atoms. The van der Waals surface area contributed by atoms with Gasteiger partial charge in [-0.2, -0.15) is 0 Å². The van der Waals surface area contributed by atoms with E-state index in [-0.39, 0.29) is 0 Å². The average molecular weight is 212 g/mol. The number of rotatable bonds is 6. The van der Waals surface area contributed by atoms with E-state index in [1.165, 1.54) is 38.8 Å². The lowest BCUT2D eigenvalue weighted by Crippen LogP contribution is -2.47. The zero-order chi connectivity index (χ0) is 11.1. The van der Waals surface area contributed by atoms with Crippen molar-refractivity contribution in [2.75, 3.05) is 19.6 Å². The largest absolute Gasteiger partial charge is 0.315 e. The molecule has 0 aliphatic carbocycles. The van der Waals surface area contributed by atoms with E-state index in [1.807, 2.05) is 0 Å². The molecule has 1 aliphatic heterocycles. The summed E-state index contributed by atoms with van der Waals surface area (Å²) in [4.78, 5) is 0. The van der Waals surface area contributed by atoms with Gasteiger partial charge in [0.25, 0.3) is 0 Å². The highest BCUT2D eigenvalue weighted by Crippen LogP contribution is 2.15. The summed E-state index contributed by atoms with van der Waals surface area (Å²) in [6.07, 6.45) is 5.35. The minimum Gasteiger partial charge on any atom is -0.315 e. The molecule has 0 bridgehead atoms. The van der Waals surface area contributed by atoms with Crippen molar-refractivity contribution >= 4 is 0 Å². The predicted octanol–water partition coefficient (Wildman–Crippen LogP) is 2.40. The normalized spacial score (nSPS) is 27.2. The fraction of sp³-hybridized carbons (Fsp3) is 1.00. The van der Waals surface area contributed by atoms with Gasteiger partial charge in [-0.05, 0) is 37.8 Å². The first kappa shape index (κ1) is 13.0. The van der Waals surface area contributed by atoms with Gasteiger partial charge in [0, 0.05) is 12.6 Å². The van der Waals surface area contributed by atoms with Gasteiger partial charge < -0.3 is 10.6 Å². The lowest BCUT2D eigenvalue weighted by atomic mass is 9.92. The molecular weight excluding hydrogens is 184 g/mol. The SMILES string of the molecule is CCC(CC)CNCC1NCCCC1C. The van der Waals surface area contributed by atoms with Crippen LogP contribution in [0.5, 0.6) is 0 Å². The van der Waals surface area contributed by atoms with Gasteiger partial charge in [-0.3, -0.25) is 0 Å². The molecular formula is C13H28N2. The van der Waals surface area contributed by atoms with Gasteiger partial charge >= 0.3 is 0 Å². The molecule has 0 radical (unpaired) electrons. The van der Waals surface area contributed by atoms with E-state index in [0.717, 1.165) is 18.4 Å². The second-order valence-electron chi connectivity index (χ2n) is 5.02. The van der Waals surface area contributed by atoms with E-state index in [9.17, 15) is 0 Å². The van der Waals surface area contributed by atoms with Gasteiger partial charge in [-0.15, -0.1) is 0 Å². The average Bonchev–Trinajstić information content (AvgIpc) is 2.27. The molecule has 0 aromatic carbocycles. The number of hydrogen-bond donors (Lipinski definition) is 2. The zero-order valence-electron chi connectivity index (χ0n) is 10.7. The summed E-state index contributed by atoms with van der Waals surface area (Å²) >= 11 is 0. The smallest absolute Gasteiger partial charge is 0.0218 e. The minimum absolute atomic E-state index is 0.702. The minimum atomic E-state index is 0.702. The molecule has 0 aromatic heterocycles. The summed E-state index contributed by atoms with van der Waals surface area (Å²) in [6, 6.07) is 0.702. The molecule has 0 aromatic rings. The van der Waals surface area contributed by atoms with Gasteiger partial charge in [0.2, 0.25) is 0 Å². The van der Waals surface area contributed by atoms with E-state index >= 15 is 0 Å². The quantitative estimate of drug-likeness (QED) is 0.706. The van der Waals surface area contributed by atoms with Gasteiger partial charge in [-0.25, -0.2) is 0 Å². The Kier molecular flexibility index (Phi) is 6.26. The second kappa shape index (κ2) is 7.24. The summed E-state index contributed by atoms with van der Waals surface area (Å²) in [7, 11) is 0. The topological polar surface area (TPSA) is 24.1 Å². The first-order valence-corrected chi connectivity index (χ1v) is 6.72. The van der Waals surface area contributed by atoms with Crippen molar-refractivity contribution in [3.8, 4) is 0 Å². The number of hydrogen-bond acceptors (Lipinski definition) is 2. The van der Waals surface area contributed by atoms with Crippen LogP contribution in [0.4, 0.5) is 0 Å². The monoisotopic (exact) mass is 212 g/mol. The van der Waals surface area contributed by atoms with E-state index in [2.05, 4.69) is 31.4 Å². The van der Waals surface area contributed by atoms with Crippen LogP contribution in [0.1, 0.15) is 46.5 Å². The number of piperidine rings is 1. The molecule has 1 rings (SSSR count). The van der Waals surface area contributed by atoms with Crippen molar-refractivity contribution in [2.24, 2.45) is 11.8 Å². The fourth-order valence-electron chi connectivity index (χ4n) is 2.41. The highest BCUT2D eigenvalue weighted by atomic mass is 15.0. The standard InChI is InChI=1S/C13H28N2/c1-4-12(5-2)9-14-10-13-11(3)7-6-8-15-13/h11-15H,4-10H2,1-3H3. The molecule has 2 unspecified atom stereocenters. The van der Waals surface area contributed by atoms with Crippen LogP contribution in [-0.2, 0) is 0 Å². The molecule has 1 heterocycles. The second-order valence-corrected chi connectivity index (χ2v) is 5.02. The Labute approximate surface area is 95.2 Å². The molecule has 2 nitrogen and oxygen atoms in total. The number of nitrogens with one attached hydrogen (secondary N) is 2. The van der Waals surface area contributed by atoms with Crippen LogP contribution < -0.4 is 10.6 Å². The van der Waals surface area contributed by atoms with Crippen molar-refractivity contribution in [2.45, 2.75) is 52.5 Å². The van der Waals surface area contributed by atoms with E-state index in [1.54, 1.807) is 0 Å². The van der Waals surface area contributed by atoms with Crippen LogP contribution in [0.3, 0.4) is 0 Å². The maximum absolute atomic E-state index is 3.62. The third kappa shape index (κ3) is 4.52. The Balaban J connectivity index is 2.12. The van der Waals surface area contributed by atoms with Crippen LogP contribution in [0.2, 0.25) is 0 Å². The summed E-state index contributed by atoms with van der Waals surface area (Å²) in [5.41, 5.74) is 0. The molecule has 1 saturated heterocycles. The summed E-state index contributed by atoms with van der Waals surface area (Å²) < 4.78 is 0. The van der Waals surface area contributed by atoms with Crippen molar-refractivity contribution in [1.29, 1.82) is 0 Å². The molecule has 0 amide bonds. The van der Waals surface area contributed by atoms with E-state index in [4.69, 9.17) is 0 Å². The predicted molar refractivity (Wildman–Crippen MR) is 67.1 cm³/mol. The Morgan fingerprint density at radius 1 is 1.33 bits per heavy atom. The lowest BCUT2D eigenvalue weighted by molar-refractivity contribution is 0.284. The van der Waals surface area contributed by atoms with Gasteiger partial charge in [0.05, 0.1) is 0 Å². The maximum atomic E-state index is 3.62. The molecule has 0 saturated carbocycles. The first-order valence-electron chi connectivity index (χ1n) is 6.72. The third-order valence-corrected chi connectivity index (χ3v) is 3.88. The summed E-state index contributed by atoms with van der Waals surface area (Å²) in [5, 5.41) is 7.24. The molecule has 2 N–H and O–H groups in total. The van der Waals surface area contributed by atoms with Gasteiger partial charge in [-0.1, -0.05) is 33.6 Å². The first-order chi connectivity index (χ1) is 7.27. The van der Waals surface area contributed by atoms with Crippen LogP contribution in [-0.4, -0.2) is 25.7 Å². The maximum Gasteiger partial charge on any atom is 0.0218 e. The van der Waals surface area contributed by atoms with Crippen molar-refractivity contribution in [3.63, 3.8) is 0 Å². The van der Waals surface area contributed by atoms with Crippen LogP contribution >= 0.6 is 0 Å². The molecule has 15 heavy (non-hydrogen) atoms. The summed E-state index contributed by atoms with van der Waals surface area (Å²) in [5.74, 6) is 1.71. The molecule has 1 aliphatic rings. The van der Waals surface area contributed by atoms with Crippen LogP contribution in [0.15, 0.2) is 0 Å². The third-order valence-electron chi connectivity index (χ3n) is 3.88. The van der Waals surface area contributed by atoms with Crippen molar-refractivity contribution in [3.05, 3.63) is 0 Å². The van der Waals surface area contributed by atoms with Crippen LogP contribution in [0.25, 0.3) is 0 Å². The molecule has 2 heteroatoms. The zero-order valence-corrected chi connectivity index (χ0v) is 10.7. The Morgan fingerprint density at radius 3 is 2.67 bits per heavy atom. The van der Waals surface area contributed by atoms with Crippen molar-refractivity contribution < 1.29 is 0 Å². The lowest BCUT2D eigenvalue weighted by Gasteiger charge is -2.30. The Morgan fingerprint density at radius 2 is 2.07 bits per heavy atom. The summed E-state index contributed by atoms with van der Waals surface area (Å²) in [6.45, 7) is 10.5. The molecule has 90 valence electrons. The Hall–Kier alpha value is -0.0800. The van der Waals surface area contributed by atoms with Gasteiger partial charge in [0.15, 0.2) is 0 Å². The fourth-order valence-corrected chi connectivity index (χ4v) is 2.41. The van der Waals surface area contributed by atoms with Gasteiger partial charge in [0.1, 0.15) is 0 Å².